The first-order valence-corrected chi connectivity index (χ1v) is 3.44. The van der Waals surface area contributed by atoms with Crippen LogP contribution >= 0.6 is 16.6 Å². The van der Waals surface area contributed by atoms with Crippen molar-refractivity contribution in [2.75, 3.05) is 0 Å². The molecule has 0 spiro atoms. The van der Waals surface area contributed by atoms with Gasteiger partial charge in [-0.3, -0.25) is 0 Å². The summed E-state index contributed by atoms with van der Waals surface area (Å²) < 4.78 is 0. The van der Waals surface area contributed by atoms with E-state index >= 15 is 0 Å². The molecule has 0 heterocycles. The molecule has 0 bridgehead atoms. The molecule has 0 fully saturated rings. The van der Waals surface area contributed by atoms with Crippen molar-refractivity contribution in [1.29, 1.82) is 0 Å². The lowest BCUT2D eigenvalue weighted by atomic mass is 14.0. The summed E-state index contributed by atoms with van der Waals surface area (Å²) >= 11 is 3.60. The fourth-order valence-corrected chi connectivity index (χ4v) is 0. The van der Waals surface area contributed by atoms with E-state index < -0.39 is 6.72 Å². The third-order valence-electron chi connectivity index (χ3n) is 0. The van der Waals surface area contributed by atoms with E-state index in [0.717, 1.165) is 0 Å². The maximum Gasteiger partial charge on any atom is 0.319 e. The highest BCUT2D eigenvalue weighted by Crippen LogP contribution is 2.26. The van der Waals surface area contributed by atoms with Gasteiger partial charge in [-0.25, -0.2) is 0 Å². The summed E-state index contributed by atoms with van der Waals surface area (Å²) in [5.74, 6) is 0. The van der Waals surface area contributed by atoms with Crippen molar-refractivity contribution in [3.05, 3.63) is 0 Å². The summed E-state index contributed by atoms with van der Waals surface area (Å²) in [4.78, 5) is 22.7. The fourth-order valence-electron chi connectivity index (χ4n) is 0. The van der Waals surface area contributed by atoms with Gasteiger partial charge in [0.15, 0.2) is 0 Å². The minimum absolute atomic E-state index is 0. The molecule has 4 nitrogen and oxygen atoms in total. The van der Waals surface area contributed by atoms with Gasteiger partial charge in [-0.2, -0.15) is 9.90 Å². The molecule has 0 aromatic carbocycles. The molecule has 0 aliphatic heterocycles. The molecule has 7 heteroatoms. The predicted molar refractivity (Wildman–Crippen MR) is 37.1 cm³/mol. The molecule has 0 amide bonds. The fraction of sp³-hybridized carbons (Fsp3) is 0. The van der Waals surface area contributed by atoms with Gasteiger partial charge in [0.2, 0.25) is 0 Å². The zero-order valence-corrected chi connectivity index (χ0v) is 6.74. The average Bonchev–Trinajstić information content (AvgIpc) is 0.722. The lowest BCUT2D eigenvalue weighted by Crippen LogP contribution is -1.65. The Hall–Kier alpha value is 0.920. The Bertz CT molecular complexity index is 59.1. The van der Waals surface area contributed by atoms with Crippen LogP contribution in [0.4, 0.5) is 0 Å². The number of hydrogen-bond donors (Lipinski definition) is 4. The van der Waals surface area contributed by atoms with Crippen LogP contribution in [0.3, 0.4) is 0 Å². The smallest absolute Gasteiger partial charge is 0.319 e. The highest BCUT2D eigenvalue weighted by Gasteiger charge is 1.92. The number of rotatable bonds is 0. The second kappa shape index (κ2) is 5.06. The highest BCUT2D eigenvalue weighted by atomic mass is 32.5. The minimum Gasteiger partial charge on any atom is -0.344 e. The van der Waals surface area contributed by atoms with E-state index in [4.69, 9.17) is 14.7 Å². The molecule has 0 saturated carbocycles. The monoisotopic (exact) mass is 165 g/mol. The lowest BCUT2D eigenvalue weighted by Gasteiger charge is -1.88. The van der Waals surface area contributed by atoms with E-state index in [1.165, 1.54) is 0 Å². The van der Waals surface area contributed by atoms with Crippen LogP contribution in [0.1, 0.15) is 0 Å². The van der Waals surface area contributed by atoms with Gasteiger partial charge in [-0.15, -0.1) is 0 Å². The van der Waals surface area contributed by atoms with Crippen molar-refractivity contribution in [2.45, 2.75) is 0 Å². The second-order valence-electron chi connectivity index (χ2n) is 0.513. The van der Waals surface area contributed by atoms with Crippen LogP contribution in [-0.4, -0.2) is 14.7 Å². The summed E-state index contributed by atoms with van der Waals surface area (Å²) in [6.45, 7) is -3.81. The summed E-state index contributed by atoms with van der Waals surface area (Å²) in [7, 11) is 0. The summed E-state index contributed by atoms with van der Waals surface area (Å²) in [6.07, 6.45) is 0. The SMILES string of the molecule is N.OP(O)(O)=S.P. The highest BCUT2D eigenvalue weighted by molar-refractivity contribution is 8.06. The zero-order chi connectivity index (χ0) is 4.50. The van der Waals surface area contributed by atoms with E-state index in [-0.39, 0.29) is 16.0 Å². The van der Waals surface area contributed by atoms with Gasteiger partial charge in [0, 0.05) is 0 Å². The van der Waals surface area contributed by atoms with Crippen LogP contribution in [0.2, 0.25) is 0 Å². The normalized spacial score (nSPS) is 8.43. The molecule has 0 saturated heterocycles. The molecule has 0 aromatic heterocycles. The summed E-state index contributed by atoms with van der Waals surface area (Å²) in [5.41, 5.74) is 0. The van der Waals surface area contributed by atoms with Crippen LogP contribution in [0.5, 0.6) is 0 Å². The Morgan fingerprint density at radius 1 is 1.14 bits per heavy atom. The molecule has 7 heavy (non-hydrogen) atoms. The van der Waals surface area contributed by atoms with E-state index in [1.807, 2.05) is 0 Å². The van der Waals surface area contributed by atoms with Crippen molar-refractivity contribution < 1.29 is 14.7 Å². The van der Waals surface area contributed by atoms with Gasteiger partial charge in [-0.1, -0.05) is 0 Å². The van der Waals surface area contributed by atoms with Crippen LogP contribution < -0.4 is 6.15 Å². The predicted octanol–water partition coefficient (Wildman–Crippen LogP) is -0.592. The van der Waals surface area contributed by atoms with Crippen molar-refractivity contribution in [3.63, 3.8) is 0 Å². The van der Waals surface area contributed by atoms with Crippen molar-refractivity contribution in [3.8, 4) is 0 Å². The summed E-state index contributed by atoms with van der Waals surface area (Å²) in [5, 5.41) is 0. The van der Waals surface area contributed by atoms with Gasteiger partial charge in [0.25, 0.3) is 0 Å². The maximum absolute atomic E-state index is 7.56. The van der Waals surface area contributed by atoms with E-state index in [0.29, 0.717) is 0 Å². The Morgan fingerprint density at radius 3 is 1.14 bits per heavy atom. The van der Waals surface area contributed by atoms with Gasteiger partial charge >= 0.3 is 6.72 Å². The maximum atomic E-state index is 7.56. The van der Waals surface area contributed by atoms with E-state index in [2.05, 4.69) is 11.8 Å². The summed E-state index contributed by atoms with van der Waals surface area (Å²) in [6, 6.07) is 0. The Morgan fingerprint density at radius 2 is 1.14 bits per heavy atom. The first kappa shape index (κ1) is 15.7. The van der Waals surface area contributed by atoms with E-state index in [1.54, 1.807) is 0 Å². The van der Waals surface area contributed by atoms with Gasteiger partial charge in [0.1, 0.15) is 0 Å². The average molecular weight is 165 g/mol. The van der Waals surface area contributed by atoms with Crippen LogP contribution in [-0.2, 0) is 11.8 Å². The molecule has 0 aliphatic carbocycles. The third-order valence-corrected chi connectivity index (χ3v) is 0. The van der Waals surface area contributed by atoms with Crippen LogP contribution in [0.25, 0.3) is 0 Å². The first-order chi connectivity index (χ1) is 2.00. The van der Waals surface area contributed by atoms with Gasteiger partial charge in [0.05, 0.1) is 0 Å². The molecule has 1 unspecified atom stereocenters. The number of hydrogen-bond acceptors (Lipinski definition) is 2. The molecular formula is H9NO3P2S. The largest absolute Gasteiger partial charge is 0.344 e. The lowest BCUT2D eigenvalue weighted by molar-refractivity contribution is 0.363. The first-order valence-electron chi connectivity index (χ1n) is 0.783. The van der Waals surface area contributed by atoms with Crippen LogP contribution in [0.15, 0.2) is 0 Å². The standard InChI is InChI=1S/H3N.H3O3PS.H3P/c;1-4(2,3)5;/h1H3;(H3,1,2,3,5);1H3. The molecular weight excluding hydrogens is 156 g/mol. The molecule has 6 N–H and O–H groups in total. The van der Waals surface area contributed by atoms with Gasteiger partial charge < -0.3 is 20.8 Å². The molecule has 0 aromatic rings. The molecule has 0 radical (unpaired) electrons. The van der Waals surface area contributed by atoms with Crippen molar-refractivity contribution >= 4 is 28.4 Å². The van der Waals surface area contributed by atoms with Gasteiger partial charge in [-0.05, 0) is 11.8 Å². The van der Waals surface area contributed by atoms with Crippen molar-refractivity contribution in [1.82, 2.24) is 6.15 Å². The molecule has 0 aliphatic rings. The quantitative estimate of drug-likeness (QED) is 0.360. The molecule has 0 rings (SSSR count). The third kappa shape index (κ3) is 198. The topological polar surface area (TPSA) is 95.7 Å². The van der Waals surface area contributed by atoms with Crippen molar-refractivity contribution in [2.24, 2.45) is 0 Å². The molecule has 48 valence electrons. The molecule has 1 atom stereocenters. The van der Waals surface area contributed by atoms with E-state index in [9.17, 15) is 0 Å². The minimum atomic E-state index is -3.81. The second-order valence-corrected chi connectivity index (χ2v) is 3.01. The zero-order valence-electron chi connectivity index (χ0n) is 3.61. The van der Waals surface area contributed by atoms with Crippen LogP contribution in [0, 0.1) is 0 Å². The Labute approximate surface area is 50.0 Å². The Balaban J connectivity index is -0.0000000800. The Kier molecular flexibility index (Phi) is 11.3.